The summed E-state index contributed by atoms with van der Waals surface area (Å²) in [5.74, 6) is -1.58. The molecule has 34 heavy (non-hydrogen) atoms. The zero-order valence-electron chi connectivity index (χ0n) is 19.1. The van der Waals surface area contributed by atoms with Crippen LogP contribution in [0.25, 0.3) is 0 Å². The van der Waals surface area contributed by atoms with E-state index in [0.29, 0.717) is 24.3 Å². The number of sulfonamides is 1. The molecule has 2 N–H and O–H groups in total. The maximum absolute atomic E-state index is 13.3. The van der Waals surface area contributed by atoms with Gasteiger partial charge >= 0.3 is 11.8 Å². The first kappa shape index (κ1) is 23.5. The van der Waals surface area contributed by atoms with Gasteiger partial charge in [0.15, 0.2) is 0 Å². The Bertz CT molecular complexity index is 1310. The van der Waals surface area contributed by atoms with Crippen molar-refractivity contribution < 1.29 is 18.0 Å². The van der Waals surface area contributed by atoms with Gasteiger partial charge in [0.2, 0.25) is 0 Å². The molecule has 0 bridgehead atoms. The predicted molar refractivity (Wildman–Crippen MR) is 132 cm³/mol. The van der Waals surface area contributed by atoms with Crippen molar-refractivity contribution >= 4 is 33.2 Å². The average Bonchev–Trinajstić information content (AvgIpc) is 2.84. The van der Waals surface area contributed by atoms with Crippen LogP contribution >= 0.6 is 0 Å². The quantitative estimate of drug-likeness (QED) is 0.544. The van der Waals surface area contributed by atoms with Gasteiger partial charge in [-0.2, -0.15) is 0 Å². The molecule has 1 heterocycles. The highest BCUT2D eigenvalue weighted by Gasteiger charge is 2.29. The van der Waals surface area contributed by atoms with E-state index in [0.717, 1.165) is 23.1 Å². The number of fused-ring (bicyclic) bond motifs is 1. The molecule has 176 valence electrons. The van der Waals surface area contributed by atoms with Crippen LogP contribution < -0.4 is 14.9 Å². The van der Waals surface area contributed by atoms with Crippen molar-refractivity contribution in [1.82, 2.24) is 5.32 Å². The summed E-state index contributed by atoms with van der Waals surface area (Å²) < 4.78 is 28.0. The second-order valence-electron chi connectivity index (χ2n) is 8.40. The third kappa shape index (κ3) is 4.97. The number of carbonyl (C=O) groups is 2. The number of anilines is 2. The van der Waals surface area contributed by atoms with Crippen molar-refractivity contribution in [3.8, 4) is 0 Å². The van der Waals surface area contributed by atoms with Crippen LogP contribution in [0.3, 0.4) is 0 Å². The van der Waals surface area contributed by atoms with Gasteiger partial charge in [0.1, 0.15) is 0 Å². The summed E-state index contributed by atoms with van der Waals surface area (Å²) in [5.41, 5.74) is 3.61. The van der Waals surface area contributed by atoms with Crippen LogP contribution in [-0.4, -0.2) is 26.8 Å². The molecule has 7 nitrogen and oxygen atoms in total. The lowest BCUT2D eigenvalue weighted by atomic mass is 10.0. The van der Waals surface area contributed by atoms with Crippen molar-refractivity contribution in [1.29, 1.82) is 0 Å². The first-order valence-corrected chi connectivity index (χ1v) is 12.6. The number of nitrogens with one attached hydrogen (secondary N) is 2. The van der Waals surface area contributed by atoms with Gasteiger partial charge in [-0.25, -0.2) is 8.42 Å². The van der Waals surface area contributed by atoms with E-state index in [9.17, 15) is 18.0 Å². The molecular formula is C26H27N3O4S. The van der Waals surface area contributed by atoms with E-state index in [-0.39, 0.29) is 10.9 Å². The Morgan fingerprint density at radius 2 is 1.65 bits per heavy atom. The summed E-state index contributed by atoms with van der Waals surface area (Å²) in [7, 11) is -3.76. The van der Waals surface area contributed by atoms with Crippen LogP contribution in [0.15, 0.2) is 77.7 Å². The zero-order chi connectivity index (χ0) is 24.3. The standard InChI is InChI=1S/C26H27N3O4S/c1-18-10-14-23(15-11-18)34(32,33)29-16-6-9-21-12-13-22(17-24(21)29)28-26(31)25(30)27-19(2)20-7-4-3-5-8-20/h3-5,7-8,10-15,17,19H,6,9,16H2,1-2H3,(H,27,30)(H,28,31). The molecule has 0 saturated heterocycles. The molecule has 0 radical (unpaired) electrons. The molecule has 0 fully saturated rings. The van der Waals surface area contributed by atoms with Gasteiger partial charge in [0.25, 0.3) is 10.0 Å². The Morgan fingerprint density at radius 1 is 0.941 bits per heavy atom. The Morgan fingerprint density at radius 3 is 2.35 bits per heavy atom. The number of hydrogen-bond donors (Lipinski definition) is 2. The van der Waals surface area contributed by atoms with E-state index >= 15 is 0 Å². The SMILES string of the molecule is Cc1ccc(S(=O)(=O)N2CCCc3ccc(NC(=O)C(=O)NC(C)c4ccccc4)cc32)cc1. The molecule has 0 saturated carbocycles. The summed E-state index contributed by atoms with van der Waals surface area (Å²) in [4.78, 5) is 25.2. The lowest BCUT2D eigenvalue weighted by Gasteiger charge is -2.31. The van der Waals surface area contributed by atoms with E-state index < -0.39 is 21.8 Å². The Labute approximate surface area is 199 Å². The topological polar surface area (TPSA) is 95.6 Å². The predicted octanol–water partition coefficient (Wildman–Crippen LogP) is 3.95. The number of benzene rings is 3. The number of rotatable bonds is 5. The molecule has 3 aromatic rings. The molecule has 4 rings (SSSR count). The highest BCUT2D eigenvalue weighted by molar-refractivity contribution is 7.92. The van der Waals surface area contributed by atoms with E-state index in [1.807, 2.05) is 37.3 Å². The van der Waals surface area contributed by atoms with Crippen LogP contribution in [0.5, 0.6) is 0 Å². The van der Waals surface area contributed by atoms with Crippen molar-refractivity contribution in [2.24, 2.45) is 0 Å². The van der Waals surface area contributed by atoms with Gasteiger partial charge < -0.3 is 10.6 Å². The van der Waals surface area contributed by atoms with Crippen molar-refractivity contribution in [3.05, 3.63) is 89.5 Å². The van der Waals surface area contributed by atoms with Gasteiger partial charge in [0, 0.05) is 12.2 Å². The third-order valence-corrected chi connectivity index (χ3v) is 7.71. The molecule has 1 atom stereocenters. The van der Waals surface area contributed by atoms with Gasteiger partial charge in [-0.3, -0.25) is 13.9 Å². The zero-order valence-corrected chi connectivity index (χ0v) is 19.9. The molecule has 0 spiro atoms. The second kappa shape index (κ2) is 9.69. The molecule has 8 heteroatoms. The maximum Gasteiger partial charge on any atom is 0.313 e. The second-order valence-corrected chi connectivity index (χ2v) is 10.3. The molecule has 1 unspecified atom stereocenters. The minimum atomic E-state index is -3.76. The van der Waals surface area contributed by atoms with Crippen molar-refractivity contribution in [3.63, 3.8) is 0 Å². The summed E-state index contributed by atoms with van der Waals surface area (Å²) in [6.07, 6.45) is 1.43. The molecule has 2 amide bonds. The van der Waals surface area contributed by atoms with Crippen molar-refractivity contribution in [2.75, 3.05) is 16.2 Å². The van der Waals surface area contributed by atoms with Gasteiger partial charge in [-0.15, -0.1) is 0 Å². The normalized spacial score (nSPS) is 14.1. The van der Waals surface area contributed by atoms with Crippen LogP contribution in [0.4, 0.5) is 11.4 Å². The number of hydrogen-bond acceptors (Lipinski definition) is 4. The number of aryl methyl sites for hydroxylation is 2. The van der Waals surface area contributed by atoms with Crippen LogP contribution in [0.1, 0.15) is 36.1 Å². The lowest BCUT2D eigenvalue weighted by Crippen LogP contribution is -2.37. The molecule has 1 aliphatic heterocycles. The first-order valence-electron chi connectivity index (χ1n) is 11.1. The largest absolute Gasteiger partial charge is 0.341 e. The molecule has 0 aromatic heterocycles. The summed E-state index contributed by atoms with van der Waals surface area (Å²) in [6.45, 7) is 4.04. The monoisotopic (exact) mass is 477 g/mol. The minimum absolute atomic E-state index is 0.217. The molecule has 3 aromatic carbocycles. The lowest BCUT2D eigenvalue weighted by molar-refractivity contribution is -0.136. The summed E-state index contributed by atoms with van der Waals surface area (Å²) in [5, 5.41) is 5.28. The molecule has 0 aliphatic carbocycles. The highest BCUT2D eigenvalue weighted by atomic mass is 32.2. The third-order valence-electron chi connectivity index (χ3n) is 5.88. The Kier molecular flexibility index (Phi) is 6.70. The minimum Gasteiger partial charge on any atom is -0.341 e. The number of amides is 2. The van der Waals surface area contributed by atoms with E-state index in [1.165, 1.54) is 4.31 Å². The average molecular weight is 478 g/mol. The fourth-order valence-corrected chi connectivity index (χ4v) is 5.51. The van der Waals surface area contributed by atoms with E-state index in [1.54, 1.807) is 49.4 Å². The Balaban J connectivity index is 1.52. The smallest absolute Gasteiger partial charge is 0.313 e. The number of carbonyl (C=O) groups excluding carboxylic acids is 2. The van der Waals surface area contributed by atoms with E-state index in [2.05, 4.69) is 10.6 Å². The first-order chi connectivity index (χ1) is 16.3. The van der Waals surface area contributed by atoms with Crippen LogP contribution in [-0.2, 0) is 26.0 Å². The molecule has 1 aliphatic rings. The van der Waals surface area contributed by atoms with Crippen LogP contribution in [0, 0.1) is 6.92 Å². The van der Waals surface area contributed by atoms with Gasteiger partial charge in [-0.05, 0) is 62.1 Å². The Hall–Kier alpha value is -3.65. The van der Waals surface area contributed by atoms with E-state index in [4.69, 9.17) is 0 Å². The maximum atomic E-state index is 13.3. The van der Waals surface area contributed by atoms with Crippen molar-refractivity contribution in [2.45, 2.75) is 37.6 Å². The van der Waals surface area contributed by atoms with Gasteiger partial charge in [-0.1, -0.05) is 54.1 Å². The summed E-state index contributed by atoms with van der Waals surface area (Å²) >= 11 is 0. The molecular weight excluding hydrogens is 450 g/mol. The number of nitrogens with zero attached hydrogens (tertiary/aromatic N) is 1. The fourth-order valence-electron chi connectivity index (χ4n) is 3.98. The highest BCUT2D eigenvalue weighted by Crippen LogP contribution is 2.34. The van der Waals surface area contributed by atoms with Crippen LogP contribution in [0.2, 0.25) is 0 Å². The summed E-state index contributed by atoms with van der Waals surface area (Å²) in [6, 6.07) is 20.8. The van der Waals surface area contributed by atoms with Gasteiger partial charge in [0.05, 0.1) is 16.6 Å². The fraction of sp³-hybridized carbons (Fsp3) is 0.231.